The number of carbonyl (C=O) groups excluding carboxylic acids is 3. The molecule has 0 saturated heterocycles. The van der Waals surface area contributed by atoms with Crippen LogP contribution in [0.25, 0.3) is 0 Å². The molecule has 0 unspecified atom stereocenters. The van der Waals surface area contributed by atoms with Crippen LogP contribution >= 0.6 is 34.8 Å². The second-order valence-corrected chi connectivity index (χ2v) is 9.48. The zero-order valence-corrected chi connectivity index (χ0v) is 22.2. The third kappa shape index (κ3) is 9.56. The van der Waals surface area contributed by atoms with E-state index in [1.807, 2.05) is 13.8 Å². The number of nitrogens with two attached hydrogens (primary N) is 1. The number of nitrogens with one attached hydrogen (secondary N) is 2. The molecule has 0 bridgehead atoms. The molecule has 0 radical (unpaired) electrons. The Morgan fingerprint density at radius 3 is 2.25 bits per heavy atom. The lowest BCUT2D eigenvalue weighted by Gasteiger charge is -2.22. The van der Waals surface area contributed by atoms with Gasteiger partial charge < -0.3 is 20.5 Å². The summed E-state index contributed by atoms with van der Waals surface area (Å²) in [5, 5.41) is 7.72. The molecule has 2 aromatic rings. The maximum atomic E-state index is 12.8. The van der Waals surface area contributed by atoms with E-state index in [4.69, 9.17) is 50.0 Å². The van der Waals surface area contributed by atoms with Gasteiger partial charge in [0.1, 0.15) is 17.5 Å². The van der Waals surface area contributed by atoms with Crippen LogP contribution in [0, 0.1) is 5.92 Å². The van der Waals surface area contributed by atoms with Crippen molar-refractivity contribution in [3.8, 4) is 11.5 Å². The summed E-state index contributed by atoms with van der Waals surface area (Å²) in [5.74, 6) is -1.02. The highest BCUT2D eigenvalue weighted by Crippen LogP contribution is 2.28. The lowest BCUT2D eigenvalue weighted by atomic mass is 10.0. The number of halogens is 3. The Morgan fingerprint density at radius 1 is 1.00 bits per heavy atom. The predicted molar refractivity (Wildman–Crippen MR) is 140 cm³/mol. The molecule has 2 atom stereocenters. The summed E-state index contributed by atoms with van der Waals surface area (Å²) in [6.45, 7) is 5.03. The van der Waals surface area contributed by atoms with Crippen LogP contribution in [0.5, 0.6) is 11.5 Å². The van der Waals surface area contributed by atoms with Gasteiger partial charge in [-0.1, -0.05) is 48.7 Å². The summed E-state index contributed by atoms with van der Waals surface area (Å²) in [4.78, 5) is 36.6. The van der Waals surface area contributed by atoms with E-state index in [9.17, 15) is 14.4 Å². The van der Waals surface area contributed by atoms with Crippen LogP contribution in [0.1, 0.15) is 32.8 Å². The monoisotopic (exact) mass is 556 g/mol. The molecule has 0 aromatic heterocycles. The highest BCUT2D eigenvalue weighted by atomic mass is 35.5. The molecule has 4 N–H and O–H groups in total. The van der Waals surface area contributed by atoms with Gasteiger partial charge in [-0.25, -0.2) is 5.43 Å². The van der Waals surface area contributed by atoms with Gasteiger partial charge in [-0.05, 0) is 55.7 Å². The van der Waals surface area contributed by atoms with Gasteiger partial charge in [0, 0.05) is 15.6 Å². The molecule has 12 heteroatoms. The lowest BCUT2D eigenvalue weighted by Crippen LogP contribution is -2.49. The van der Waals surface area contributed by atoms with E-state index >= 15 is 0 Å². The van der Waals surface area contributed by atoms with Crippen molar-refractivity contribution >= 4 is 58.7 Å². The summed E-state index contributed by atoms with van der Waals surface area (Å²) in [6.07, 6.45) is 0.722. The Balaban J connectivity index is 2.06. The van der Waals surface area contributed by atoms with Gasteiger partial charge in [0.25, 0.3) is 17.7 Å². The maximum Gasteiger partial charge on any atom is 0.262 e. The molecular formula is C24H27Cl3N4O5. The topological polar surface area (TPSA) is 132 Å². The number of ether oxygens (including phenoxy) is 2. The molecule has 0 heterocycles. The molecule has 36 heavy (non-hydrogen) atoms. The van der Waals surface area contributed by atoms with E-state index in [2.05, 4.69) is 15.8 Å². The number of carbonyl (C=O) groups is 3. The van der Waals surface area contributed by atoms with Crippen molar-refractivity contribution in [1.82, 2.24) is 10.7 Å². The predicted octanol–water partition coefficient (Wildman–Crippen LogP) is 3.96. The van der Waals surface area contributed by atoms with E-state index in [1.165, 1.54) is 19.2 Å². The largest absolute Gasteiger partial charge is 0.483 e. The second kappa shape index (κ2) is 13.9. The molecular weight excluding hydrogens is 531 g/mol. The third-order valence-electron chi connectivity index (χ3n) is 4.63. The number of hydrazone groups is 1. The SMILES string of the molecule is CC(C)C[C@@H](NC(=O)[C@H](C)Oc1ccc(Cl)cc1Cl)C(=O)N/N=C\c1cc(Cl)ccc1OCC(N)=O. The number of hydrogen-bond acceptors (Lipinski definition) is 6. The molecule has 0 fully saturated rings. The minimum absolute atomic E-state index is 0.0914. The average molecular weight is 558 g/mol. The summed E-state index contributed by atoms with van der Waals surface area (Å²) in [7, 11) is 0. The normalized spacial score (nSPS) is 12.8. The van der Waals surface area contributed by atoms with Crippen molar-refractivity contribution in [3.05, 3.63) is 57.0 Å². The zero-order chi connectivity index (χ0) is 26.8. The molecule has 194 valence electrons. The maximum absolute atomic E-state index is 12.8. The van der Waals surface area contributed by atoms with Gasteiger partial charge in [0.15, 0.2) is 12.7 Å². The van der Waals surface area contributed by atoms with E-state index in [0.29, 0.717) is 27.8 Å². The number of hydrogen-bond donors (Lipinski definition) is 3. The van der Waals surface area contributed by atoms with Gasteiger partial charge in [-0.15, -0.1) is 0 Å². The highest BCUT2D eigenvalue weighted by molar-refractivity contribution is 6.35. The molecule has 2 rings (SSSR count). The van der Waals surface area contributed by atoms with Crippen LogP contribution in [-0.2, 0) is 14.4 Å². The molecule has 0 aliphatic rings. The summed E-state index contributed by atoms with van der Waals surface area (Å²) in [6, 6.07) is 8.42. The molecule has 3 amide bonds. The quantitative estimate of drug-likeness (QED) is 0.268. The molecule has 0 saturated carbocycles. The van der Waals surface area contributed by atoms with Crippen molar-refractivity contribution in [1.29, 1.82) is 0 Å². The summed E-state index contributed by atoms with van der Waals surface area (Å²) >= 11 is 18.0. The van der Waals surface area contributed by atoms with Crippen molar-refractivity contribution in [2.45, 2.75) is 39.3 Å². The minimum Gasteiger partial charge on any atom is -0.483 e. The number of nitrogens with zero attached hydrogens (tertiary/aromatic N) is 1. The van der Waals surface area contributed by atoms with E-state index in [-0.39, 0.29) is 23.3 Å². The van der Waals surface area contributed by atoms with Gasteiger partial charge in [0.05, 0.1) is 11.2 Å². The van der Waals surface area contributed by atoms with Crippen LogP contribution in [-0.4, -0.2) is 42.7 Å². The molecule has 9 nitrogen and oxygen atoms in total. The van der Waals surface area contributed by atoms with Gasteiger partial charge in [0.2, 0.25) is 0 Å². The Labute approximate surface area is 224 Å². The average Bonchev–Trinajstić information content (AvgIpc) is 2.79. The first-order chi connectivity index (χ1) is 17.0. The first-order valence-corrected chi connectivity index (χ1v) is 12.0. The van der Waals surface area contributed by atoms with E-state index in [0.717, 1.165) is 0 Å². The Kier molecular flexibility index (Phi) is 11.3. The summed E-state index contributed by atoms with van der Waals surface area (Å²) < 4.78 is 11.0. The van der Waals surface area contributed by atoms with Crippen molar-refractivity contribution in [2.75, 3.05) is 6.61 Å². The number of primary amides is 1. The van der Waals surface area contributed by atoms with Gasteiger partial charge >= 0.3 is 0 Å². The van der Waals surface area contributed by atoms with Crippen molar-refractivity contribution in [3.63, 3.8) is 0 Å². The van der Waals surface area contributed by atoms with E-state index < -0.39 is 29.9 Å². The standard InChI is InChI=1S/C24H27Cl3N4O5/c1-13(2)8-19(30-23(33)14(3)36-21-7-5-17(26)10-18(21)27)24(34)31-29-11-15-9-16(25)4-6-20(15)35-12-22(28)32/h4-7,9-11,13-14,19H,8,12H2,1-3H3,(H2,28,32)(H,30,33)(H,31,34)/b29-11-/t14-,19+/m0/s1. The molecule has 2 aromatic carbocycles. The van der Waals surface area contributed by atoms with E-state index in [1.54, 1.807) is 30.3 Å². The van der Waals surface area contributed by atoms with Crippen LogP contribution in [0.3, 0.4) is 0 Å². The molecule has 0 aliphatic carbocycles. The summed E-state index contributed by atoms with van der Waals surface area (Å²) in [5.41, 5.74) is 7.93. The number of benzene rings is 2. The number of rotatable bonds is 12. The lowest BCUT2D eigenvalue weighted by molar-refractivity contribution is -0.132. The first-order valence-electron chi connectivity index (χ1n) is 10.9. The fraction of sp³-hybridized carbons (Fsp3) is 0.333. The smallest absolute Gasteiger partial charge is 0.262 e. The Morgan fingerprint density at radius 2 is 1.64 bits per heavy atom. The van der Waals surface area contributed by atoms with Crippen LogP contribution < -0.4 is 25.9 Å². The third-order valence-corrected chi connectivity index (χ3v) is 5.39. The van der Waals surface area contributed by atoms with Crippen LogP contribution in [0.15, 0.2) is 41.5 Å². The Hall–Kier alpha value is -3.01. The zero-order valence-electron chi connectivity index (χ0n) is 19.9. The fourth-order valence-corrected chi connectivity index (χ4v) is 3.58. The first kappa shape index (κ1) is 29.2. The highest BCUT2D eigenvalue weighted by Gasteiger charge is 2.25. The fourth-order valence-electron chi connectivity index (χ4n) is 2.95. The molecule has 0 spiro atoms. The minimum atomic E-state index is -0.939. The molecule has 0 aliphatic heterocycles. The van der Waals surface area contributed by atoms with Gasteiger partial charge in [-0.3, -0.25) is 14.4 Å². The van der Waals surface area contributed by atoms with Crippen molar-refractivity contribution in [2.24, 2.45) is 16.8 Å². The van der Waals surface area contributed by atoms with Crippen LogP contribution in [0.4, 0.5) is 0 Å². The van der Waals surface area contributed by atoms with Crippen LogP contribution in [0.2, 0.25) is 15.1 Å². The Bertz CT molecular complexity index is 1130. The van der Waals surface area contributed by atoms with Crippen molar-refractivity contribution < 1.29 is 23.9 Å². The number of amides is 3. The second-order valence-electron chi connectivity index (χ2n) is 8.20. The van der Waals surface area contributed by atoms with Gasteiger partial charge in [-0.2, -0.15) is 5.10 Å².